The Bertz CT molecular complexity index is 1340. The van der Waals surface area contributed by atoms with E-state index in [2.05, 4.69) is 27.2 Å². The van der Waals surface area contributed by atoms with Crippen LogP contribution in [-0.4, -0.2) is 181 Å². The number of phosphoric ester groups is 1. The molecule has 0 bridgehead atoms. The second-order valence-corrected chi connectivity index (χ2v) is 20.5. The molecule has 0 aromatic carbocycles. The van der Waals surface area contributed by atoms with Gasteiger partial charge in [-0.15, -0.1) is 6.42 Å². The first-order valence-corrected chi connectivity index (χ1v) is 22.4. The van der Waals surface area contributed by atoms with Crippen LogP contribution in [0.15, 0.2) is 0 Å². The Morgan fingerprint density at radius 1 is 0.783 bits per heavy atom. The van der Waals surface area contributed by atoms with Crippen LogP contribution < -0.4 is 5.32 Å². The molecule has 0 rings (SSSR count). The fraction of sp³-hybridized carbons (Fsp3) is 0.875. The minimum Gasteiger partial charge on any atom is -0.463 e. The average Bonchev–Trinajstić information content (AvgIpc) is 3.14. The smallest absolute Gasteiger partial charge is 0.463 e. The lowest BCUT2D eigenvalue weighted by Crippen LogP contribution is -2.51. The predicted octanol–water partition coefficient (Wildman–Crippen LogP) is 2.73. The van der Waals surface area contributed by atoms with Crippen molar-refractivity contribution in [3.63, 3.8) is 0 Å². The molecular weight excluding hydrogens is 875 g/mol. The first kappa shape index (κ1) is 58.2. The molecule has 4 N–H and O–H groups in total. The van der Waals surface area contributed by atoms with Gasteiger partial charge in [0.25, 0.3) is 0 Å². The number of phosphoric acid groups is 1. The van der Waals surface area contributed by atoms with Gasteiger partial charge in [-0.2, -0.15) is 0 Å². The van der Waals surface area contributed by atoms with Crippen LogP contribution in [0, 0.1) is 34.5 Å². The second kappa shape index (κ2) is 28.8. The number of quaternary nitrogens is 1. The van der Waals surface area contributed by atoms with Crippen molar-refractivity contribution in [3.05, 3.63) is 0 Å². The molecular formula is C40H75BrN2O16P+. The van der Waals surface area contributed by atoms with Crippen molar-refractivity contribution in [1.29, 1.82) is 0 Å². The summed E-state index contributed by atoms with van der Waals surface area (Å²) in [5, 5.41) is 20.8. The van der Waals surface area contributed by atoms with Gasteiger partial charge in [0.05, 0.1) is 111 Å². The minimum atomic E-state index is -4.41. The van der Waals surface area contributed by atoms with E-state index in [0.717, 1.165) is 0 Å². The zero-order valence-electron chi connectivity index (χ0n) is 37.6. The number of terminal acetylenes is 1. The number of carbonyl (C=O) groups is 3. The second-order valence-electron chi connectivity index (χ2n) is 17.1. The van der Waals surface area contributed by atoms with Crippen LogP contribution in [0.25, 0.3) is 0 Å². The lowest BCUT2D eigenvalue weighted by atomic mass is 9.62. The van der Waals surface area contributed by atoms with Gasteiger partial charge >= 0.3 is 19.8 Å². The highest BCUT2D eigenvalue weighted by atomic mass is 79.9. The zero-order valence-corrected chi connectivity index (χ0v) is 40.1. The van der Waals surface area contributed by atoms with Crippen LogP contribution in [0.2, 0.25) is 0 Å². The van der Waals surface area contributed by atoms with E-state index in [0.29, 0.717) is 63.9 Å². The molecule has 0 spiro atoms. The highest BCUT2D eigenvalue weighted by Crippen LogP contribution is 2.51. The molecule has 0 aliphatic rings. The first-order chi connectivity index (χ1) is 27.8. The van der Waals surface area contributed by atoms with Crippen LogP contribution in [0.5, 0.6) is 0 Å². The predicted molar refractivity (Wildman–Crippen MR) is 227 cm³/mol. The van der Waals surface area contributed by atoms with E-state index in [1.54, 1.807) is 41.5 Å². The van der Waals surface area contributed by atoms with Crippen LogP contribution >= 0.6 is 23.8 Å². The Hall–Kier alpha value is -1.76. The summed E-state index contributed by atoms with van der Waals surface area (Å²) in [4.78, 5) is 51.2. The molecule has 1 amide bonds. The molecule has 0 aromatic rings. The lowest BCUT2D eigenvalue weighted by molar-refractivity contribution is -0.870. The zero-order chi connectivity index (χ0) is 46.1. The number of rotatable bonds is 36. The lowest BCUT2D eigenvalue weighted by Gasteiger charge is -2.45. The molecule has 0 radical (unpaired) electrons. The number of hydrogen-bond acceptors (Lipinski definition) is 15. The molecule has 0 saturated heterocycles. The molecule has 0 aliphatic carbocycles. The standard InChI is InChI=1S/C40H74BrN2O16P/c1-12-15-56-36(48)40(8,38(5,6)41)31-39(7,35(47)57-26-27-59-60(49,50)58-17-14-43(9,10)11)28-32(2)37(3,4)34(46)42-13-16-51-18-19-52-20-21-53-22-23-54-24-25-55-30-33(45)29-44/h1,32-33,44-45H,13-31H2,2-11H3,(H-,42,46,49,50)/p+1. The van der Waals surface area contributed by atoms with E-state index >= 15 is 0 Å². The summed E-state index contributed by atoms with van der Waals surface area (Å²) < 4.78 is 60.1. The minimum absolute atomic E-state index is 0.0224. The monoisotopic (exact) mass is 949 g/mol. The number of ether oxygens (including phenoxy) is 7. The number of aliphatic hydroxyl groups is 2. The summed E-state index contributed by atoms with van der Waals surface area (Å²) in [6.45, 7) is 14.6. The molecule has 5 atom stereocenters. The molecule has 18 nitrogen and oxygen atoms in total. The van der Waals surface area contributed by atoms with E-state index in [1.807, 2.05) is 28.1 Å². The Labute approximate surface area is 366 Å². The molecule has 0 aromatic heterocycles. The first-order valence-electron chi connectivity index (χ1n) is 20.1. The van der Waals surface area contributed by atoms with Crippen molar-refractivity contribution in [2.45, 2.75) is 71.7 Å². The number of hydrogen-bond donors (Lipinski definition) is 4. The summed E-state index contributed by atoms with van der Waals surface area (Å²) in [6.07, 6.45) is 4.51. The van der Waals surface area contributed by atoms with E-state index in [9.17, 15) is 28.9 Å². The third-order valence-electron chi connectivity index (χ3n) is 9.99. The van der Waals surface area contributed by atoms with E-state index in [-0.39, 0.29) is 64.9 Å². The molecule has 0 aliphatic heterocycles. The summed E-state index contributed by atoms with van der Waals surface area (Å²) in [5.74, 6) is 0.264. The van der Waals surface area contributed by atoms with Crippen LogP contribution in [0.1, 0.15) is 61.3 Å². The van der Waals surface area contributed by atoms with E-state index in [1.165, 1.54) is 0 Å². The quantitative estimate of drug-likeness (QED) is 0.0177. The van der Waals surface area contributed by atoms with Crippen molar-refractivity contribution < 1.29 is 80.7 Å². The van der Waals surface area contributed by atoms with Crippen LogP contribution in [0.3, 0.4) is 0 Å². The SMILES string of the molecule is C#CCOC(=O)C(C)(CC(C)(CC(C)C(C)(C)C(=O)NCCOCCOCCOCCOCCOCC(O)CO)C(=O)OCCOP(=O)(O)OCC[N+](C)(C)C)C(C)(C)Br. The van der Waals surface area contributed by atoms with Gasteiger partial charge in [-0.3, -0.25) is 23.4 Å². The number of esters is 2. The van der Waals surface area contributed by atoms with Gasteiger partial charge in [0.1, 0.15) is 25.9 Å². The molecule has 0 heterocycles. The summed E-state index contributed by atoms with van der Waals surface area (Å²) in [5.41, 5.74) is -3.68. The number of carbonyl (C=O) groups excluding carboxylic acids is 3. The highest BCUT2D eigenvalue weighted by molar-refractivity contribution is 9.10. The fourth-order valence-electron chi connectivity index (χ4n) is 5.50. The maximum atomic E-state index is 14.0. The number of aliphatic hydroxyl groups excluding tert-OH is 2. The Morgan fingerprint density at radius 3 is 1.77 bits per heavy atom. The maximum Gasteiger partial charge on any atom is 0.472 e. The van der Waals surface area contributed by atoms with Crippen molar-refractivity contribution in [3.8, 4) is 12.3 Å². The van der Waals surface area contributed by atoms with Gasteiger partial charge in [0.2, 0.25) is 5.91 Å². The highest BCUT2D eigenvalue weighted by Gasteiger charge is 2.54. The summed E-state index contributed by atoms with van der Waals surface area (Å²) >= 11 is 3.62. The molecule has 60 heavy (non-hydrogen) atoms. The Balaban J connectivity index is 5.22. The average molecular weight is 951 g/mol. The van der Waals surface area contributed by atoms with Gasteiger partial charge in [-0.05, 0) is 46.5 Å². The molecule has 20 heteroatoms. The summed E-state index contributed by atoms with van der Waals surface area (Å²) in [7, 11) is 1.31. The molecule has 352 valence electrons. The Kier molecular flexibility index (Phi) is 28.0. The van der Waals surface area contributed by atoms with Crippen molar-refractivity contribution >= 4 is 41.6 Å². The maximum absolute atomic E-state index is 14.0. The van der Waals surface area contributed by atoms with Gasteiger partial charge in [-0.1, -0.05) is 42.6 Å². The fourth-order valence-corrected chi connectivity index (χ4v) is 6.49. The van der Waals surface area contributed by atoms with Crippen molar-refractivity contribution in [2.75, 3.05) is 133 Å². The van der Waals surface area contributed by atoms with Crippen LogP contribution in [-0.2, 0) is 61.2 Å². The number of alkyl halides is 1. The van der Waals surface area contributed by atoms with Crippen molar-refractivity contribution in [2.24, 2.45) is 22.2 Å². The van der Waals surface area contributed by atoms with Gasteiger partial charge in [0, 0.05) is 16.3 Å². The topological polar surface area (TPSA) is 224 Å². The van der Waals surface area contributed by atoms with Gasteiger partial charge in [-0.25, -0.2) is 4.57 Å². The number of nitrogens with zero attached hydrogens (tertiary/aromatic N) is 1. The van der Waals surface area contributed by atoms with Crippen LogP contribution in [0.4, 0.5) is 0 Å². The number of nitrogens with one attached hydrogen (secondary N) is 1. The van der Waals surface area contributed by atoms with E-state index < -0.39 is 59.0 Å². The van der Waals surface area contributed by atoms with Gasteiger partial charge in [0.15, 0.2) is 6.61 Å². The van der Waals surface area contributed by atoms with Crippen molar-refractivity contribution in [1.82, 2.24) is 5.32 Å². The van der Waals surface area contributed by atoms with E-state index in [4.69, 9.17) is 53.7 Å². The number of likely N-dealkylation sites (N-methyl/N-ethyl adjacent to an activating group) is 1. The number of halogens is 1. The third-order valence-corrected chi connectivity index (χ3v) is 11.9. The molecule has 0 saturated carbocycles. The molecule has 0 fully saturated rings. The van der Waals surface area contributed by atoms with Gasteiger partial charge < -0.3 is 58.1 Å². The summed E-state index contributed by atoms with van der Waals surface area (Å²) in [6, 6.07) is 0. The third kappa shape index (κ3) is 24.2. The Morgan fingerprint density at radius 2 is 1.28 bits per heavy atom. The normalized spacial score (nSPS) is 16.4. The number of amides is 1. The largest absolute Gasteiger partial charge is 0.472 e. The molecule has 5 unspecified atom stereocenters.